The Hall–Kier alpha value is -0.0600. The molecule has 0 bridgehead atoms. The second-order valence-corrected chi connectivity index (χ2v) is 5.00. The molecule has 1 N–H and O–H groups in total. The minimum Gasteiger partial charge on any atom is -0.481 e. The molecule has 0 aliphatic carbocycles. The largest absolute Gasteiger partial charge is 0.481 e. The topological polar surface area (TPSA) is 37.3 Å². The third-order valence-corrected chi connectivity index (χ3v) is 2.48. The molecule has 0 rings (SSSR count). The van der Waals surface area contributed by atoms with Crippen LogP contribution in [0.15, 0.2) is 12.2 Å². The third kappa shape index (κ3) is 5.29. The summed E-state index contributed by atoms with van der Waals surface area (Å²) in [6, 6.07) is 0. The lowest BCUT2D eigenvalue weighted by molar-refractivity contribution is -0.145. The van der Waals surface area contributed by atoms with Gasteiger partial charge in [0.25, 0.3) is 0 Å². The molecule has 0 fully saturated rings. The second kappa shape index (κ2) is 5.62. The van der Waals surface area contributed by atoms with Gasteiger partial charge in [0.1, 0.15) is 0 Å². The summed E-state index contributed by atoms with van der Waals surface area (Å²) < 4.78 is 0.939. The van der Waals surface area contributed by atoms with Crippen LogP contribution in [0.5, 0.6) is 0 Å². The molecule has 76 valence electrons. The van der Waals surface area contributed by atoms with Gasteiger partial charge in [0.05, 0.1) is 5.92 Å². The second-order valence-electron chi connectivity index (χ2n) is 4.12. The number of rotatable bonds is 4. The summed E-state index contributed by atoms with van der Waals surface area (Å²) in [5.41, 5.74) is -0.165. The number of alkyl halides is 1. The predicted molar refractivity (Wildman–Crippen MR) is 63.2 cm³/mol. The van der Waals surface area contributed by atoms with Crippen LogP contribution in [0, 0.1) is 11.3 Å². The van der Waals surface area contributed by atoms with Gasteiger partial charge < -0.3 is 5.11 Å². The first-order chi connectivity index (χ1) is 5.89. The van der Waals surface area contributed by atoms with E-state index in [-0.39, 0.29) is 11.3 Å². The molecule has 1 atom stereocenters. The maximum atomic E-state index is 10.9. The van der Waals surface area contributed by atoms with Crippen molar-refractivity contribution in [2.75, 3.05) is 4.43 Å². The smallest absolute Gasteiger partial charge is 0.307 e. The van der Waals surface area contributed by atoms with E-state index in [1.165, 1.54) is 0 Å². The summed E-state index contributed by atoms with van der Waals surface area (Å²) in [4.78, 5) is 10.9. The lowest BCUT2D eigenvalue weighted by atomic mass is 9.79. The van der Waals surface area contributed by atoms with Gasteiger partial charge in [-0.15, -0.1) is 0 Å². The number of aliphatic carboxylic acids is 1. The van der Waals surface area contributed by atoms with Crippen LogP contribution in [-0.2, 0) is 4.79 Å². The highest BCUT2D eigenvalue weighted by molar-refractivity contribution is 14.1. The van der Waals surface area contributed by atoms with E-state index >= 15 is 0 Å². The zero-order valence-electron chi connectivity index (χ0n) is 8.38. The van der Waals surface area contributed by atoms with Gasteiger partial charge in [-0.05, 0) is 11.8 Å². The SMILES string of the molecule is CC(C)(C)C(CC=CCI)C(=O)O. The van der Waals surface area contributed by atoms with E-state index in [4.69, 9.17) is 5.11 Å². The van der Waals surface area contributed by atoms with Crippen molar-refractivity contribution < 1.29 is 9.90 Å². The Morgan fingerprint density at radius 3 is 2.31 bits per heavy atom. The maximum absolute atomic E-state index is 10.9. The van der Waals surface area contributed by atoms with Crippen molar-refractivity contribution in [3.05, 3.63) is 12.2 Å². The van der Waals surface area contributed by atoms with Crippen LogP contribution in [0.1, 0.15) is 27.2 Å². The van der Waals surface area contributed by atoms with Crippen LogP contribution in [-0.4, -0.2) is 15.5 Å². The van der Waals surface area contributed by atoms with E-state index in [0.717, 1.165) is 4.43 Å². The van der Waals surface area contributed by atoms with Crippen LogP contribution in [0.25, 0.3) is 0 Å². The van der Waals surface area contributed by atoms with Gasteiger partial charge in [-0.1, -0.05) is 55.5 Å². The summed E-state index contributed by atoms with van der Waals surface area (Å²) in [5, 5.41) is 8.97. The number of allylic oxidation sites excluding steroid dienone is 2. The molecule has 1 unspecified atom stereocenters. The number of hydrogen-bond donors (Lipinski definition) is 1. The highest BCUT2D eigenvalue weighted by atomic mass is 127. The Balaban J connectivity index is 4.28. The van der Waals surface area contributed by atoms with Crippen molar-refractivity contribution >= 4 is 28.6 Å². The predicted octanol–water partition coefficient (Wildman–Crippen LogP) is 3.11. The van der Waals surface area contributed by atoms with Gasteiger partial charge >= 0.3 is 5.97 Å². The summed E-state index contributed by atoms with van der Waals surface area (Å²) >= 11 is 2.24. The lowest BCUT2D eigenvalue weighted by Crippen LogP contribution is -2.27. The summed E-state index contributed by atoms with van der Waals surface area (Å²) in [7, 11) is 0. The zero-order valence-corrected chi connectivity index (χ0v) is 10.5. The molecule has 0 heterocycles. The number of carboxylic acids is 1. The van der Waals surface area contributed by atoms with Gasteiger partial charge in [0.2, 0.25) is 0 Å². The Labute approximate surface area is 93.6 Å². The average Bonchev–Trinajstić information content (AvgIpc) is 1.94. The van der Waals surface area contributed by atoms with E-state index in [2.05, 4.69) is 22.6 Å². The zero-order chi connectivity index (χ0) is 10.5. The van der Waals surface area contributed by atoms with Crippen molar-refractivity contribution in [2.45, 2.75) is 27.2 Å². The normalized spacial score (nSPS) is 14.8. The molecule has 0 spiro atoms. The van der Waals surface area contributed by atoms with E-state index in [1.54, 1.807) is 0 Å². The first-order valence-corrected chi connectivity index (χ1v) is 5.86. The van der Waals surface area contributed by atoms with Crippen LogP contribution in [0.4, 0.5) is 0 Å². The summed E-state index contributed by atoms with van der Waals surface area (Å²) in [6.07, 6.45) is 4.58. The van der Waals surface area contributed by atoms with Crippen molar-refractivity contribution in [2.24, 2.45) is 11.3 Å². The highest BCUT2D eigenvalue weighted by Gasteiger charge is 2.29. The maximum Gasteiger partial charge on any atom is 0.307 e. The van der Waals surface area contributed by atoms with Crippen molar-refractivity contribution in [3.8, 4) is 0 Å². The molecule has 0 aliphatic heterocycles. The fourth-order valence-electron chi connectivity index (χ4n) is 1.12. The monoisotopic (exact) mass is 296 g/mol. The van der Waals surface area contributed by atoms with Gasteiger partial charge in [0.15, 0.2) is 0 Å². The molecule has 0 aromatic heterocycles. The summed E-state index contributed by atoms with van der Waals surface area (Å²) in [6.45, 7) is 5.89. The summed E-state index contributed by atoms with van der Waals surface area (Å²) in [5.74, 6) is -0.989. The quantitative estimate of drug-likeness (QED) is 0.492. The van der Waals surface area contributed by atoms with E-state index in [0.29, 0.717) is 6.42 Å². The van der Waals surface area contributed by atoms with Crippen molar-refractivity contribution in [1.29, 1.82) is 0 Å². The Bertz CT molecular complexity index is 192. The minimum atomic E-state index is -0.703. The third-order valence-electron chi connectivity index (χ3n) is 1.97. The van der Waals surface area contributed by atoms with Gasteiger partial charge in [0, 0.05) is 4.43 Å². The number of halogens is 1. The van der Waals surface area contributed by atoms with Crippen molar-refractivity contribution in [3.63, 3.8) is 0 Å². The fraction of sp³-hybridized carbons (Fsp3) is 0.700. The van der Waals surface area contributed by atoms with Gasteiger partial charge in [-0.3, -0.25) is 4.79 Å². The number of carboxylic acid groups (broad SMARTS) is 1. The molecule has 0 aliphatic rings. The fourth-order valence-corrected chi connectivity index (χ4v) is 1.48. The van der Waals surface area contributed by atoms with E-state index in [9.17, 15) is 4.79 Å². The molecule has 13 heavy (non-hydrogen) atoms. The molecule has 0 amide bonds. The Kier molecular flexibility index (Phi) is 5.60. The van der Waals surface area contributed by atoms with Gasteiger partial charge in [-0.25, -0.2) is 0 Å². The first kappa shape index (κ1) is 12.9. The van der Waals surface area contributed by atoms with Crippen molar-refractivity contribution in [1.82, 2.24) is 0 Å². The van der Waals surface area contributed by atoms with Crippen LogP contribution in [0.3, 0.4) is 0 Å². The molecule has 0 saturated heterocycles. The highest BCUT2D eigenvalue weighted by Crippen LogP contribution is 2.29. The Morgan fingerprint density at radius 1 is 1.46 bits per heavy atom. The minimum absolute atomic E-state index is 0.165. The molecule has 0 aromatic carbocycles. The number of carbonyl (C=O) groups is 1. The Morgan fingerprint density at radius 2 is 2.00 bits per heavy atom. The standard InChI is InChI=1S/C10H17IO2/c1-10(2,3)8(9(12)13)6-4-5-7-11/h4-5,8H,6-7H2,1-3H3,(H,12,13). The van der Waals surface area contributed by atoms with E-state index in [1.807, 2.05) is 32.9 Å². The average molecular weight is 296 g/mol. The van der Waals surface area contributed by atoms with Crippen LogP contribution < -0.4 is 0 Å². The first-order valence-electron chi connectivity index (χ1n) is 4.33. The number of hydrogen-bond acceptors (Lipinski definition) is 1. The molecular formula is C10H17IO2. The lowest BCUT2D eigenvalue weighted by Gasteiger charge is -2.25. The molecule has 0 radical (unpaired) electrons. The van der Waals surface area contributed by atoms with Crippen LogP contribution in [0.2, 0.25) is 0 Å². The molecule has 0 saturated carbocycles. The van der Waals surface area contributed by atoms with Crippen LogP contribution >= 0.6 is 22.6 Å². The molecule has 3 heteroatoms. The van der Waals surface area contributed by atoms with Gasteiger partial charge in [-0.2, -0.15) is 0 Å². The molecular weight excluding hydrogens is 279 g/mol. The molecule has 2 nitrogen and oxygen atoms in total. The molecule has 0 aromatic rings. The van der Waals surface area contributed by atoms with E-state index < -0.39 is 5.97 Å².